The van der Waals surface area contributed by atoms with Gasteiger partial charge in [-0.15, -0.1) is 0 Å². The van der Waals surface area contributed by atoms with Crippen LogP contribution in [0.25, 0.3) is 0 Å². The summed E-state index contributed by atoms with van der Waals surface area (Å²) in [5, 5.41) is 0. The van der Waals surface area contributed by atoms with Crippen LogP contribution in [0.15, 0.2) is 12.2 Å². The predicted molar refractivity (Wildman–Crippen MR) is 75.6 cm³/mol. The summed E-state index contributed by atoms with van der Waals surface area (Å²) in [7, 11) is 0. The molecule has 108 valence electrons. The molecule has 0 aromatic carbocycles. The number of rotatable bonds is 10. The largest absolute Gasteiger partial charge is 0.393 e. The molecular weight excluding hydrogens is 240 g/mol. The van der Waals surface area contributed by atoms with Crippen molar-refractivity contribution >= 4 is 11.9 Å². The Morgan fingerprint density at radius 3 is 2.26 bits per heavy atom. The first-order valence-electron chi connectivity index (χ1n) is 7.59. The molecule has 3 heteroatoms. The van der Waals surface area contributed by atoms with E-state index in [-0.39, 0.29) is 17.9 Å². The third-order valence-electron chi connectivity index (χ3n) is 3.62. The highest BCUT2D eigenvalue weighted by molar-refractivity contribution is 5.94. The highest BCUT2D eigenvalue weighted by atomic mass is 16.6. The normalized spacial score (nSPS) is 19.3. The van der Waals surface area contributed by atoms with Gasteiger partial charge in [0, 0.05) is 0 Å². The average molecular weight is 266 g/mol. The topological polar surface area (TPSA) is 43.4 Å². The molecule has 0 N–H and O–H groups in total. The summed E-state index contributed by atoms with van der Waals surface area (Å²) in [4.78, 5) is 22.1. The predicted octanol–water partition coefficient (Wildman–Crippen LogP) is 4.16. The molecule has 1 rings (SSSR count). The minimum absolute atomic E-state index is 0.159. The minimum atomic E-state index is -0.351. The smallest absolute Gasteiger partial charge is 0.317 e. The van der Waals surface area contributed by atoms with Crippen LogP contribution in [0.2, 0.25) is 0 Å². The molecule has 1 aliphatic heterocycles. The van der Waals surface area contributed by atoms with Gasteiger partial charge < -0.3 is 4.74 Å². The Kier molecular flexibility index (Phi) is 8.19. The number of hydrogen-bond acceptors (Lipinski definition) is 3. The van der Waals surface area contributed by atoms with Gasteiger partial charge in [-0.05, 0) is 26.2 Å². The van der Waals surface area contributed by atoms with Crippen molar-refractivity contribution in [1.29, 1.82) is 0 Å². The lowest BCUT2D eigenvalue weighted by Crippen LogP contribution is -2.06. The number of ether oxygens (including phenoxy) is 1. The molecule has 1 heterocycles. The van der Waals surface area contributed by atoms with Crippen molar-refractivity contribution in [3.05, 3.63) is 12.2 Å². The van der Waals surface area contributed by atoms with Gasteiger partial charge in [-0.25, -0.2) is 0 Å². The van der Waals surface area contributed by atoms with Crippen molar-refractivity contribution in [1.82, 2.24) is 0 Å². The van der Waals surface area contributed by atoms with Crippen molar-refractivity contribution in [3.63, 3.8) is 0 Å². The van der Waals surface area contributed by atoms with E-state index in [1.54, 1.807) is 0 Å². The van der Waals surface area contributed by atoms with E-state index in [2.05, 4.69) is 23.8 Å². The molecule has 0 aromatic heterocycles. The maximum absolute atomic E-state index is 11.2. The molecule has 1 fully saturated rings. The van der Waals surface area contributed by atoms with E-state index in [1.165, 1.54) is 38.5 Å². The Bertz CT molecular complexity index is 307. The molecule has 1 aliphatic rings. The van der Waals surface area contributed by atoms with Gasteiger partial charge in [-0.2, -0.15) is 0 Å². The van der Waals surface area contributed by atoms with Gasteiger partial charge in [0.2, 0.25) is 0 Å². The summed E-state index contributed by atoms with van der Waals surface area (Å²) in [5.41, 5.74) is 0. The molecule has 0 spiro atoms. The lowest BCUT2D eigenvalue weighted by molar-refractivity contribution is -0.153. The lowest BCUT2D eigenvalue weighted by atomic mass is 9.99. The maximum atomic E-state index is 11.2. The lowest BCUT2D eigenvalue weighted by Gasteiger charge is -2.04. The third kappa shape index (κ3) is 7.14. The molecule has 0 bridgehead atoms. The van der Waals surface area contributed by atoms with Gasteiger partial charge in [0.1, 0.15) is 0 Å². The second-order valence-electron chi connectivity index (χ2n) is 5.32. The summed E-state index contributed by atoms with van der Waals surface area (Å²) in [6, 6.07) is 0. The van der Waals surface area contributed by atoms with Crippen molar-refractivity contribution in [2.24, 2.45) is 5.92 Å². The summed E-state index contributed by atoms with van der Waals surface area (Å²) >= 11 is 0. The van der Waals surface area contributed by atoms with E-state index in [0.717, 1.165) is 19.3 Å². The van der Waals surface area contributed by atoms with Crippen LogP contribution < -0.4 is 0 Å². The molecule has 0 saturated carbocycles. The number of carbonyl (C=O) groups is 2. The Morgan fingerprint density at radius 1 is 1.05 bits per heavy atom. The fraction of sp³-hybridized carbons (Fsp3) is 0.750. The molecule has 3 nitrogen and oxygen atoms in total. The van der Waals surface area contributed by atoms with Crippen LogP contribution in [0.3, 0.4) is 0 Å². The quantitative estimate of drug-likeness (QED) is 0.258. The van der Waals surface area contributed by atoms with Crippen LogP contribution >= 0.6 is 0 Å². The van der Waals surface area contributed by atoms with E-state index < -0.39 is 0 Å². The zero-order valence-corrected chi connectivity index (χ0v) is 12.0. The highest BCUT2D eigenvalue weighted by Crippen LogP contribution is 2.22. The van der Waals surface area contributed by atoms with Crippen molar-refractivity contribution < 1.29 is 14.3 Å². The molecular formula is C16H26O3. The molecule has 0 amide bonds. The first-order chi connectivity index (χ1) is 9.24. The van der Waals surface area contributed by atoms with Crippen molar-refractivity contribution in [2.75, 3.05) is 0 Å². The summed E-state index contributed by atoms with van der Waals surface area (Å²) < 4.78 is 4.53. The molecule has 0 aromatic rings. The maximum Gasteiger partial charge on any atom is 0.317 e. The first kappa shape index (κ1) is 15.9. The van der Waals surface area contributed by atoms with E-state index in [4.69, 9.17) is 0 Å². The second-order valence-corrected chi connectivity index (χ2v) is 5.32. The Labute approximate surface area is 116 Å². The molecule has 0 aliphatic carbocycles. The van der Waals surface area contributed by atoms with Crippen LogP contribution in [0.4, 0.5) is 0 Å². The van der Waals surface area contributed by atoms with Gasteiger partial charge in [0.05, 0.1) is 12.3 Å². The standard InChI is InChI=1S/C16H26O3/c1-2-3-4-5-6-7-8-9-10-11-12-14-13-15(17)19-16(14)18/h2-3,14H,4-13H2,1H3. The van der Waals surface area contributed by atoms with E-state index >= 15 is 0 Å². The van der Waals surface area contributed by atoms with Crippen LogP contribution in [-0.2, 0) is 14.3 Å². The van der Waals surface area contributed by atoms with Crippen LogP contribution in [0.5, 0.6) is 0 Å². The fourth-order valence-electron chi connectivity index (χ4n) is 2.45. The first-order valence-corrected chi connectivity index (χ1v) is 7.59. The summed E-state index contributed by atoms with van der Waals surface area (Å²) in [6.45, 7) is 2.06. The molecule has 1 saturated heterocycles. The molecule has 19 heavy (non-hydrogen) atoms. The molecule has 1 atom stereocenters. The zero-order valence-electron chi connectivity index (χ0n) is 12.0. The highest BCUT2D eigenvalue weighted by Gasteiger charge is 2.32. The van der Waals surface area contributed by atoms with E-state index in [1.807, 2.05) is 0 Å². The van der Waals surface area contributed by atoms with E-state index in [0.29, 0.717) is 6.42 Å². The third-order valence-corrected chi connectivity index (χ3v) is 3.62. The van der Waals surface area contributed by atoms with Gasteiger partial charge in [0.15, 0.2) is 0 Å². The Hall–Kier alpha value is -1.12. The number of allylic oxidation sites excluding steroid dienone is 2. The van der Waals surface area contributed by atoms with Gasteiger partial charge in [0.25, 0.3) is 0 Å². The van der Waals surface area contributed by atoms with Crippen LogP contribution in [0.1, 0.15) is 71.1 Å². The van der Waals surface area contributed by atoms with Gasteiger partial charge in [-0.1, -0.05) is 50.7 Å². The van der Waals surface area contributed by atoms with Crippen LogP contribution in [-0.4, -0.2) is 11.9 Å². The number of carbonyl (C=O) groups excluding carboxylic acids is 2. The van der Waals surface area contributed by atoms with E-state index in [9.17, 15) is 9.59 Å². The minimum Gasteiger partial charge on any atom is -0.393 e. The Balaban J connectivity index is 1.86. The number of hydrogen-bond donors (Lipinski definition) is 0. The zero-order chi connectivity index (χ0) is 13.9. The van der Waals surface area contributed by atoms with Crippen LogP contribution in [0, 0.1) is 5.92 Å². The van der Waals surface area contributed by atoms with Gasteiger partial charge in [-0.3, -0.25) is 9.59 Å². The van der Waals surface area contributed by atoms with Crippen molar-refractivity contribution in [2.45, 2.75) is 71.1 Å². The molecule has 0 radical (unpaired) electrons. The summed E-state index contributed by atoms with van der Waals surface area (Å²) in [5.74, 6) is -0.821. The summed E-state index contributed by atoms with van der Waals surface area (Å²) in [6.07, 6.45) is 15.3. The fourth-order valence-corrected chi connectivity index (χ4v) is 2.45. The SMILES string of the molecule is CC=CCCCCCCCCCC1CC(=O)OC1=O. The molecule has 1 unspecified atom stereocenters. The average Bonchev–Trinajstić information content (AvgIpc) is 2.70. The Morgan fingerprint density at radius 2 is 1.68 bits per heavy atom. The number of cyclic esters (lactones) is 2. The van der Waals surface area contributed by atoms with Gasteiger partial charge >= 0.3 is 11.9 Å². The number of unbranched alkanes of at least 4 members (excludes halogenated alkanes) is 7. The monoisotopic (exact) mass is 266 g/mol. The van der Waals surface area contributed by atoms with Crippen molar-refractivity contribution in [3.8, 4) is 0 Å². The second kappa shape index (κ2) is 9.76. The number of esters is 2.